The number of amides is 1. The molecule has 2 N–H and O–H groups in total. The van der Waals surface area contributed by atoms with Crippen LogP contribution in [0.15, 0.2) is 30.3 Å². The van der Waals surface area contributed by atoms with Crippen LogP contribution in [-0.4, -0.2) is 43.2 Å². The zero-order valence-corrected chi connectivity index (χ0v) is 10.5. The Hall–Kier alpha value is -1.39. The smallest absolute Gasteiger partial charge is 0.239 e. The predicted octanol–water partition coefficient (Wildman–Crippen LogP) is 0.805. The largest absolute Gasteiger partial charge is 0.380 e. The van der Waals surface area contributed by atoms with Crippen LogP contribution in [0.2, 0.25) is 0 Å². The summed E-state index contributed by atoms with van der Waals surface area (Å²) in [6, 6.07) is 9.43. The third-order valence-corrected chi connectivity index (χ3v) is 3.15. The third kappa shape index (κ3) is 3.55. The van der Waals surface area contributed by atoms with Crippen molar-refractivity contribution < 1.29 is 9.53 Å². The highest BCUT2D eigenvalue weighted by Gasteiger charge is 2.21. The van der Waals surface area contributed by atoms with Gasteiger partial charge in [0.25, 0.3) is 0 Å². The molecule has 1 aromatic carbocycles. The molecule has 0 spiro atoms. The fourth-order valence-corrected chi connectivity index (χ4v) is 2.16. The quantitative estimate of drug-likeness (QED) is 0.861. The van der Waals surface area contributed by atoms with E-state index < -0.39 is 6.04 Å². The summed E-state index contributed by atoms with van der Waals surface area (Å²) < 4.78 is 5.34. The molecule has 1 aliphatic heterocycles. The molecular weight excluding hydrogens is 228 g/mol. The van der Waals surface area contributed by atoms with E-state index in [9.17, 15) is 4.79 Å². The maximum Gasteiger partial charge on any atom is 0.239 e. The average molecular weight is 248 g/mol. The highest BCUT2D eigenvalue weighted by atomic mass is 16.5. The Morgan fingerprint density at radius 3 is 2.83 bits per heavy atom. The van der Waals surface area contributed by atoms with Crippen LogP contribution in [-0.2, 0) is 16.0 Å². The van der Waals surface area contributed by atoms with Gasteiger partial charge in [-0.3, -0.25) is 4.79 Å². The number of hydrogen-bond donors (Lipinski definition) is 1. The summed E-state index contributed by atoms with van der Waals surface area (Å²) in [6.07, 6.45) is 1.49. The maximum atomic E-state index is 12.2. The lowest BCUT2D eigenvalue weighted by Crippen LogP contribution is -2.45. The van der Waals surface area contributed by atoms with Crippen molar-refractivity contribution in [2.45, 2.75) is 18.9 Å². The highest BCUT2D eigenvalue weighted by molar-refractivity contribution is 5.82. The van der Waals surface area contributed by atoms with Crippen molar-refractivity contribution in [3.8, 4) is 0 Å². The molecule has 1 aromatic rings. The Kier molecular flexibility index (Phi) is 4.73. The van der Waals surface area contributed by atoms with Gasteiger partial charge < -0.3 is 15.4 Å². The van der Waals surface area contributed by atoms with Gasteiger partial charge in [-0.2, -0.15) is 0 Å². The SMILES string of the molecule is N[C@@H](Cc1ccccc1)C(=O)N1CCCOCC1. The summed E-state index contributed by atoms with van der Waals surface area (Å²) in [4.78, 5) is 14.0. The monoisotopic (exact) mass is 248 g/mol. The Bertz CT molecular complexity index is 373. The molecule has 4 heteroatoms. The lowest BCUT2D eigenvalue weighted by Gasteiger charge is -2.23. The molecular formula is C14H20N2O2. The lowest BCUT2D eigenvalue weighted by molar-refractivity contribution is -0.132. The van der Waals surface area contributed by atoms with E-state index >= 15 is 0 Å². The fourth-order valence-electron chi connectivity index (χ4n) is 2.16. The van der Waals surface area contributed by atoms with E-state index in [1.807, 2.05) is 35.2 Å². The molecule has 0 bridgehead atoms. The van der Waals surface area contributed by atoms with Crippen LogP contribution in [0.3, 0.4) is 0 Å². The molecule has 1 saturated heterocycles. The second kappa shape index (κ2) is 6.52. The van der Waals surface area contributed by atoms with Crippen molar-refractivity contribution in [3.05, 3.63) is 35.9 Å². The lowest BCUT2D eigenvalue weighted by atomic mass is 10.1. The van der Waals surface area contributed by atoms with Gasteiger partial charge in [-0.25, -0.2) is 0 Å². The Morgan fingerprint density at radius 2 is 2.06 bits per heavy atom. The van der Waals surface area contributed by atoms with Gasteiger partial charge in [-0.1, -0.05) is 30.3 Å². The molecule has 1 fully saturated rings. The molecule has 1 atom stereocenters. The fraction of sp³-hybridized carbons (Fsp3) is 0.500. The predicted molar refractivity (Wildman–Crippen MR) is 70.1 cm³/mol. The summed E-state index contributed by atoms with van der Waals surface area (Å²) in [5.74, 6) is 0.0318. The summed E-state index contributed by atoms with van der Waals surface area (Å²) in [5, 5.41) is 0. The Morgan fingerprint density at radius 1 is 1.28 bits per heavy atom. The summed E-state index contributed by atoms with van der Waals surface area (Å²) >= 11 is 0. The van der Waals surface area contributed by atoms with Gasteiger partial charge in [-0.05, 0) is 18.4 Å². The first-order chi connectivity index (χ1) is 8.77. The number of carbonyl (C=O) groups excluding carboxylic acids is 1. The normalized spacial score (nSPS) is 18.2. The van der Waals surface area contributed by atoms with Gasteiger partial charge >= 0.3 is 0 Å². The minimum Gasteiger partial charge on any atom is -0.380 e. The molecule has 18 heavy (non-hydrogen) atoms. The zero-order chi connectivity index (χ0) is 12.8. The molecule has 1 heterocycles. The number of hydrogen-bond acceptors (Lipinski definition) is 3. The van der Waals surface area contributed by atoms with Crippen LogP contribution in [0.4, 0.5) is 0 Å². The van der Waals surface area contributed by atoms with Crippen molar-refractivity contribution in [2.75, 3.05) is 26.3 Å². The number of rotatable bonds is 3. The molecule has 98 valence electrons. The number of carbonyl (C=O) groups is 1. The Labute approximate surface area is 108 Å². The Balaban J connectivity index is 1.91. The number of nitrogens with zero attached hydrogens (tertiary/aromatic N) is 1. The van der Waals surface area contributed by atoms with Crippen molar-refractivity contribution in [1.82, 2.24) is 4.90 Å². The number of ether oxygens (including phenoxy) is 1. The molecule has 4 nitrogen and oxygen atoms in total. The molecule has 0 aliphatic carbocycles. The first kappa shape index (κ1) is 13.1. The van der Waals surface area contributed by atoms with Crippen molar-refractivity contribution in [1.29, 1.82) is 0 Å². The molecule has 0 radical (unpaired) electrons. The summed E-state index contributed by atoms with van der Waals surface area (Å²) in [5.41, 5.74) is 7.10. The van der Waals surface area contributed by atoms with E-state index in [1.165, 1.54) is 0 Å². The molecule has 0 aromatic heterocycles. The van der Waals surface area contributed by atoms with Crippen LogP contribution in [0.25, 0.3) is 0 Å². The van der Waals surface area contributed by atoms with Gasteiger partial charge in [0.1, 0.15) is 0 Å². The summed E-state index contributed by atoms with van der Waals surface area (Å²) in [6.45, 7) is 2.75. The number of benzene rings is 1. The number of nitrogens with two attached hydrogens (primary N) is 1. The third-order valence-electron chi connectivity index (χ3n) is 3.15. The van der Waals surface area contributed by atoms with Crippen LogP contribution in [0.5, 0.6) is 0 Å². The molecule has 1 aliphatic rings. The standard InChI is InChI=1S/C14H20N2O2/c15-13(11-12-5-2-1-3-6-12)14(17)16-7-4-9-18-10-8-16/h1-3,5-6,13H,4,7-11,15H2/t13-/m0/s1. The van der Waals surface area contributed by atoms with E-state index in [4.69, 9.17) is 10.5 Å². The molecule has 0 saturated carbocycles. The van der Waals surface area contributed by atoms with Crippen molar-refractivity contribution in [3.63, 3.8) is 0 Å². The van der Waals surface area contributed by atoms with Gasteiger partial charge in [0, 0.05) is 19.7 Å². The van der Waals surface area contributed by atoms with E-state index in [-0.39, 0.29) is 5.91 Å². The van der Waals surface area contributed by atoms with Crippen molar-refractivity contribution in [2.24, 2.45) is 5.73 Å². The van der Waals surface area contributed by atoms with Gasteiger partial charge in [0.15, 0.2) is 0 Å². The van der Waals surface area contributed by atoms with Gasteiger partial charge in [-0.15, -0.1) is 0 Å². The van der Waals surface area contributed by atoms with Crippen molar-refractivity contribution >= 4 is 5.91 Å². The van der Waals surface area contributed by atoms with E-state index in [1.54, 1.807) is 0 Å². The van der Waals surface area contributed by atoms with Crippen LogP contribution < -0.4 is 5.73 Å². The minimum absolute atomic E-state index is 0.0318. The maximum absolute atomic E-state index is 12.2. The van der Waals surface area contributed by atoms with E-state index in [0.29, 0.717) is 19.6 Å². The highest BCUT2D eigenvalue weighted by Crippen LogP contribution is 2.06. The molecule has 0 unspecified atom stereocenters. The first-order valence-corrected chi connectivity index (χ1v) is 6.43. The topological polar surface area (TPSA) is 55.6 Å². The molecule has 2 rings (SSSR count). The second-order valence-electron chi connectivity index (χ2n) is 4.59. The van der Waals surface area contributed by atoms with Crippen LogP contribution in [0, 0.1) is 0 Å². The van der Waals surface area contributed by atoms with Crippen LogP contribution in [0.1, 0.15) is 12.0 Å². The van der Waals surface area contributed by atoms with E-state index in [0.717, 1.165) is 25.1 Å². The van der Waals surface area contributed by atoms with Gasteiger partial charge in [0.2, 0.25) is 5.91 Å². The van der Waals surface area contributed by atoms with E-state index in [2.05, 4.69) is 0 Å². The molecule has 1 amide bonds. The summed E-state index contributed by atoms with van der Waals surface area (Å²) in [7, 11) is 0. The average Bonchev–Trinajstić information content (AvgIpc) is 2.68. The first-order valence-electron chi connectivity index (χ1n) is 6.43. The van der Waals surface area contributed by atoms with Crippen LogP contribution >= 0.6 is 0 Å². The minimum atomic E-state index is -0.453. The van der Waals surface area contributed by atoms with Gasteiger partial charge in [0.05, 0.1) is 12.6 Å². The zero-order valence-electron chi connectivity index (χ0n) is 10.5. The second-order valence-corrected chi connectivity index (χ2v) is 4.59.